The van der Waals surface area contributed by atoms with Crippen molar-refractivity contribution in [3.63, 3.8) is 0 Å². The van der Waals surface area contributed by atoms with E-state index >= 15 is 0 Å². The monoisotopic (exact) mass is 343 g/mol. The zero-order valence-corrected chi connectivity index (χ0v) is 14.6. The average molecular weight is 343 g/mol. The van der Waals surface area contributed by atoms with E-state index < -0.39 is 0 Å². The van der Waals surface area contributed by atoms with Crippen LogP contribution >= 0.6 is 0 Å². The molecule has 1 amide bonds. The molecular weight excluding hydrogens is 318 g/mol. The Morgan fingerprint density at radius 1 is 1.24 bits per heavy atom. The average Bonchev–Trinajstić information content (AvgIpc) is 2.69. The molecule has 0 aliphatic heterocycles. The fourth-order valence-electron chi connectivity index (χ4n) is 1.67. The molecule has 7 nitrogen and oxygen atoms in total. The topological polar surface area (TPSA) is 102 Å². The number of amides is 1. The summed E-state index contributed by atoms with van der Waals surface area (Å²) in [5.74, 6) is 0.484. The number of rotatable bonds is 7. The molecule has 0 saturated carbocycles. The molecule has 0 aliphatic carbocycles. The summed E-state index contributed by atoms with van der Waals surface area (Å²) in [6, 6.07) is 5.52. The molecule has 25 heavy (non-hydrogen) atoms. The fourth-order valence-corrected chi connectivity index (χ4v) is 1.67. The van der Waals surface area contributed by atoms with Crippen LogP contribution in [-0.2, 0) is 9.53 Å². The van der Waals surface area contributed by atoms with Gasteiger partial charge in [-0.05, 0) is 23.8 Å². The van der Waals surface area contributed by atoms with E-state index in [1.54, 1.807) is 24.7 Å². The lowest BCUT2D eigenvalue weighted by Gasteiger charge is -2.08. The van der Waals surface area contributed by atoms with E-state index in [1.165, 1.54) is 12.5 Å². The smallest absolute Gasteiger partial charge is 0.212 e. The second-order valence-electron chi connectivity index (χ2n) is 3.97. The van der Waals surface area contributed by atoms with Crippen molar-refractivity contribution in [2.24, 2.45) is 5.73 Å². The Morgan fingerprint density at radius 3 is 2.68 bits per heavy atom. The zero-order valence-electron chi connectivity index (χ0n) is 14.6. The third-order valence-corrected chi connectivity index (χ3v) is 2.57. The lowest BCUT2D eigenvalue weighted by atomic mass is 10.1. The molecule has 0 aliphatic rings. The number of hydrogen-bond donors (Lipinski definition) is 3. The van der Waals surface area contributed by atoms with Gasteiger partial charge in [0.15, 0.2) is 6.73 Å². The van der Waals surface area contributed by atoms with Gasteiger partial charge in [-0.25, -0.2) is 4.98 Å². The zero-order chi connectivity index (χ0) is 18.9. The van der Waals surface area contributed by atoms with Gasteiger partial charge in [-0.1, -0.05) is 13.8 Å². The second kappa shape index (κ2) is 14.3. The first-order chi connectivity index (χ1) is 12.3. The van der Waals surface area contributed by atoms with Gasteiger partial charge in [0.05, 0.1) is 11.9 Å². The maximum atomic E-state index is 10.4. The molecule has 0 saturated heterocycles. The summed E-state index contributed by atoms with van der Waals surface area (Å²) in [7, 11) is 0. The maximum absolute atomic E-state index is 10.4. The van der Waals surface area contributed by atoms with E-state index in [4.69, 9.17) is 10.5 Å². The molecule has 0 bridgehead atoms. The quantitative estimate of drug-likeness (QED) is 0.234. The molecule has 7 heteroatoms. The van der Waals surface area contributed by atoms with E-state index in [1.807, 2.05) is 26.0 Å². The molecule has 134 valence electrons. The molecule has 0 radical (unpaired) electrons. The number of aromatic nitrogens is 2. The fraction of sp³-hybridized carbons (Fsp3) is 0.167. The summed E-state index contributed by atoms with van der Waals surface area (Å²) < 4.78 is 5.08. The van der Waals surface area contributed by atoms with Crippen molar-refractivity contribution in [1.29, 1.82) is 0 Å². The lowest BCUT2D eigenvalue weighted by molar-refractivity contribution is -0.105. The first-order valence-corrected chi connectivity index (χ1v) is 7.67. The summed E-state index contributed by atoms with van der Waals surface area (Å²) in [5.41, 5.74) is 7.76. The largest absolute Gasteiger partial charge is 0.479 e. The summed E-state index contributed by atoms with van der Waals surface area (Å²) in [6.45, 7) is 10.3. The Balaban J connectivity index is 0.00000134. The number of pyridine rings is 2. The number of carbonyl (C=O) groups excluding carboxylic acids is 1. The van der Waals surface area contributed by atoms with Gasteiger partial charge < -0.3 is 21.1 Å². The van der Waals surface area contributed by atoms with Crippen LogP contribution in [0.15, 0.2) is 62.4 Å². The van der Waals surface area contributed by atoms with Gasteiger partial charge in [0.1, 0.15) is 12.1 Å². The second-order valence-corrected chi connectivity index (χ2v) is 3.97. The van der Waals surface area contributed by atoms with Gasteiger partial charge in [-0.3, -0.25) is 9.78 Å². The molecular formula is C18H25N5O2. The molecule has 0 spiro atoms. The van der Waals surface area contributed by atoms with Crippen LogP contribution in [0.2, 0.25) is 0 Å². The third kappa shape index (κ3) is 8.17. The summed E-state index contributed by atoms with van der Waals surface area (Å²) in [5, 5.41) is 5.56. The highest BCUT2D eigenvalue weighted by atomic mass is 16.5. The van der Waals surface area contributed by atoms with Crippen molar-refractivity contribution in [3.05, 3.63) is 62.4 Å². The van der Waals surface area contributed by atoms with Crippen molar-refractivity contribution in [2.45, 2.75) is 13.8 Å². The standard InChI is InChI=1S/C14H15N5O2.C2H6.C2H4/c15-2-4-21-10-19-13-5-12(7-16-8-13)11-1-3-17-14(6-11)18-9-20;2*1-2/h1-9,19H,10,15H2,(H,17,18,20);1-2H3;1-2H2/b4-2-;;. The number of anilines is 2. The lowest BCUT2D eigenvalue weighted by Crippen LogP contribution is -2.03. The molecule has 4 N–H and O–H groups in total. The van der Waals surface area contributed by atoms with Crippen molar-refractivity contribution < 1.29 is 9.53 Å². The summed E-state index contributed by atoms with van der Waals surface area (Å²) >= 11 is 0. The predicted molar refractivity (Wildman–Crippen MR) is 103 cm³/mol. The predicted octanol–water partition coefficient (Wildman–Crippen LogP) is 3.36. The molecule has 2 heterocycles. The van der Waals surface area contributed by atoms with Crippen LogP contribution in [0.25, 0.3) is 11.1 Å². The molecule has 0 aromatic carbocycles. The van der Waals surface area contributed by atoms with Gasteiger partial charge in [-0.15, -0.1) is 13.2 Å². The Kier molecular flexibility index (Phi) is 12.3. The minimum absolute atomic E-state index is 0.285. The number of nitrogens with one attached hydrogen (secondary N) is 2. The molecule has 2 rings (SSSR count). The third-order valence-electron chi connectivity index (χ3n) is 2.57. The first kappa shape index (κ1) is 21.6. The van der Waals surface area contributed by atoms with E-state index in [0.29, 0.717) is 12.2 Å². The van der Waals surface area contributed by atoms with Crippen LogP contribution < -0.4 is 16.4 Å². The van der Waals surface area contributed by atoms with Gasteiger partial charge in [0.25, 0.3) is 0 Å². The van der Waals surface area contributed by atoms with Crippen LogP contribution in [-0.4, -0.2) is 23.1 Å². The Morgan fingerprint density at radius 2 is 2.00 bits per heavy atom. The van der Waals surface area contributed by atoms with Crippen LogP contribution in [0.4, 0.5) is 11.5 Å². The Bertz CT molecular complexity index is 647. The maximum Gasteiger partial charge on any atom is 0.212 e. The van der Waals surface area contributed by atoms with Crippen LogP contribution in [0.1, 0.15) is 13.8 Å². The van der Waals surface area contributed by atoms with E-state index in [0.717, 1.165) is 16.8 Å². The van der Waals surface area contributed by atoms with E-state index in [9.17, 15) is 4.79 Å². The van der Waals surface area contributed by atoms with Crippen molar-refractivity contribution in [2.75, 3.05) is 17.4 Å². The number of hydrogen-bond acceptors (Lipinski definition) is 6. The minimum Gasteiger partial charge on any atom is -0.479 e. The Hall–Kier alpha value is -3.35. The molecule has 2 aromatic rings. The molecule has 0 atom stereocenters. The van der Waals surface area contributed by atoms with Crippen molar-refractivity contribution in [1.82, 2.24) is 9.97 Å². The molecule has 2 aromatic heterocycles. The Labute approximate surface area is 148 Å². The van der Waals surface area contributed by atoms with Crippen molar-refractivity contribution in [3.8, 4) is 11.1 Å². The highest BCUT2D eigenvalue weighted by Gasteiger charge is 2.02. The van der Waals surface area contributed by atoms with Gasteiger partial charge in [0, 0.05) is 24.2 Å². The number of nitrogens with zero attached hydrogens (tertiary/aromatic N) is 2. The highest BCUT2D eigenvalue weighted by molar-refractivity contribution is 5.74. The van der Waals surface area contributed by atoms with Gasteiger partial charge in [-0.2, -0.15) is 0 Å². The van der Waals surface area contributed by atoms with Gasteiger partial charge in [0.2, 0.25) is 6.41 Å². The number of carbonyl (C=O) groups is 1. The first-order valence-electron chi connectivity index (χ1n) is 7.67. The normalized spacial score (nSPS) is 9.04. The minimum atomic E-state index is 0.285. The number of nitrogens with two attached hydrogens (primary N) is 1. The highest BCUT2D eigenvalue weighted by Crippen LogP contribution is 2.22. The van der Waals surface area contributed by atoms with Crippen LogP contribution in [0.5, 0.6) is 0 Å². The van der Waals surface area contributed by atoms with Crippen LogP contribution in [0.3, 0.4) is 0 Å². The SMILES string of the molecule is C=C.CC.N/C=C\OCNc1cncc(-c2ccnc(NC=O)c2)c1. The van der Waals surface area contributed by atoms with E-state index in [-0.39, 0.29) is 6.73 Å². The van der Waals surface area contributed by atoms with Crippen LogP contribution in [0, 0.1) is 0 Å². The molecule has 0 unspecified atom stereocenters. The molecule has 0 fully saturated rings. The summed E-state index contributed by atoms with van der Waals surface area (Å²) in [4.78, 5) is 18.6. The summed E-state index contributed by atoms with van der Waals surface area (Å²) in [6.07, 6.45) is 8.33. The van der Waals surface area contributed by atoms with Crippen molar-refractivity contribution >= 4 is 17.9 Å². The number of ether oxygens (including phenoxy) is 1. The van der Waals surface area contributed by atoms with E-state index in [2.05, 4.69) is 33.8 Å². The van der Waals surface area contributed by atoms with Gasteiger partial charge >= 0.3 is 0 Å².